The second-order valence-corrected chi connectivity index (χ2v) is 6.34. The number of aryl methyl sites for hydroxylation is 1. The molecule has 0 amide bonds. The average molecular weight is 266 g/mol. The third kappa shape index (κ3) is 3.47. The van der Waals surface area contributed by atoms with Gasteiger partial charge in [-0.25, -0.2) is 13.1 Å². The monoisotopic (exact) mass is 265 g/mol. The van der Waals surface area contributed by atoms with Crippen molar-refractivity contribution in [1.82, 2.24) is 14.5 Å². The number of rotatable bonds is 5. The molecule has 16 heavy (non-hydrogen) atoms. The smallest absolute Gasteiger partial charge is 0.244 e. The molecule has 0 aliphatic heterocycles. The van der Waals surface area contributed by atoms with Crippen LogP contribution >= 0.6 is 11.6 Å². The second-order valence-electron chi connectivity index (χ2n) is 4.28. The van der Waals surface area contributed by atoms with Crippen LogP contribution in [0.15, 0.2) is 17.3 Å². The van der Waals surface area contributed by atoms with E-state index in [4.69, 9.17) is 11.6 Å². The van der Waals surface area contributed by atoms with E-state index in [2.05, 4.69) is 9.82 Å². The lowest BCUT2D eigenvalue weighted by Gasteiger charge is -2.24. The normalized spacial score (nSPS) is 13.0. The highest BCUT2D eigenvalue weighted by Crippen LogP contribution is 2.15. The van der Waals surface area contributed by atoms with Gasteiger partial charge in [0.15, 0.2) is 0 Å². The molecule has 0 aliphatic rings. The molecule has 0 spiro atoms. The van der Waals surface area contributed by atoms with Gasteiger partial charge in [0.2, 0.25) is 10.0 Å². The number of hydrogen-bond acceptors (Lipinski definition) is 3. The molecule has 5 nitrogen and oxygen atoms in total. The van der Waals surface area contributed by atoms with Crippen molar-refractivity contribution in [2.24, 2.45) is 7.05 Å². The van der Waals surface area contributed by atoms with E-state index in [1.807, 2.05) is 0 Å². The van der Waals surface area contributed by atoms with Crippen LogP contribution in [0, 0.1) is 0 Å². The molecule has 1 aromatic heterocycles. The Kier molecular flexibility index (Phi) is 3.98. The molecule has 7 heteroatoms. The zero-order valence-electron chi connectivity index (χ0n) is 9.57. The Bertz CT molecular complexity index is 453. The number of aromatic nitrogens is 2. The summed E-state index contributed by atoms with van der Waals surface area (Å²) in [7, 11) is -1.84. The highest BCUT2D eigenvalue weighted by Gasteiger charge is 2.26. The lowest BCUT2D eigenvalue weighted by atomic mass is 10.0. The maximum atomic E-state index is 11.9. The van der Waals surface area contributed by atoms with Crippen molar-refractivity contribution in [2.75, 3.05) is 5.88 Å². The van der Waals surface area contributed by atoms with Gasteiger partial charge < -0.3 is 0 Å². The summed E-state index contributed by atoms with van der Waals surface area (Å²) in [5.74, 6) is 0.405. The fourth-order valence-corrected chi connectivity index (χ4v) is 3.14. The molecule has 1 rings (SSSR count). The molecule has 0 aliphatic carbocycles. The predicted molar refractivity (Wildman–Crippen MR) is 62.9 cm³/mol. The van der Waals surface area contributed by atoms with Crippen LogP contribution in [0.25, 0.3) is 0 Å². The van der Waals surface area contributed by atoms with Gasteiger partial charge in [-0.15, -0.1) is 11.6 Å². The molecule has 0 aromatic carbocycles. The SMILES string of the molecule is Cn1cc(S(=O)(=O)NC(C)(C)CCCl)cn1. The first-order chi connectivity index (χ1) is 7.27. The number of hydrogen-bond donors (Lipinski definition) is 1. The van der Waals surface area contributed by atoms with Crippen molar-refractivity contribution in [1.29, 1.82) is 0 Å². The quantitative estimate of drug-likeness (QED) is 0.811. The Morgan fingerprint density at radius 2 is 2.19 bits per heavy atom. The lowest BCUT2D eigenvalue weighted by Crippen LogP contribution is -2.43. The summed E-state index contributed by atoms with van der Waals surface area (Å²) in [5, 5.41) is 3.83. The molecule has 0 saturated carbocycles. The first-order valence-electron chi connectivity index (χ1n) is 4.85. The minimum absolute atomic E-state index is 0.164. The van der Waals surface area contributed by atoms with Crippen LogP contribution in [0.4, 0.5) is 0 Å². The van der Waals surface area contributed by atoms with E-state index in [0.29, 0.717) is 12.3 Å². The zero-order valence-corrected chi connectivity index (χ0v) is 11.1. The highest BCUT2D eigenvalue weighted by molar-refractivity contribution is 7.89. The van der Waals surface area contributed by atoms with E-state index >= 15 is 0 Å². The molecule has 0 unspecified atom stereocenters. The predicted octanol–water partition coefficient (Wildman–Crippen LogP) is 1.11. The molecule has 0 bridgehead atoms. The van der Waals surface area contributed by atoms with Gasteiger partial charge in [-0.05, 0) is 20.3 Å². The Labute approximate surface area is 101 Å². The van der Waals surface area contributed by atoms with Gasteiger partial charge in [0, 0.05) is 24.7 Å². The molecule has 92 valence electrons. The number of nitrogens with one attached hydrogen (secondary N) is 1. The van der Waals surface area contributed by atoms with Crippen molar-refractivity contribution >= 4 is 21.6 Å². The molecule has 0 radical (unpaired) electrons. The van der Waals surface area contributed by atoms with Gasteiger partial charge in [-0.1, -0.05) is 0 Å². The van der Waals surface area contributed by atoms with Crippen LogP contribution in [0.3, 0.4) is 0 Å². The maximum Gasteiger partial charge on any atom is 0.244 e. The molecule has 0 fully saturated rings. The average Bonchev–Trinajstić information content (AvgIpc) is 2.49. The lowest BCUT2D eigenvalue weighted by molar-refractivity contribution is 0.441. The van der Waals surface area contributed by atoms with E-state index < -0.39 is 15.6 Å². The summed E-state index contributed by atoms with van der Waals surface area (Å²) in [6.45, 7) is 3.59. The Morgan fingerprint density at radius 3 is 2.62 bits per heavy atom. The van der Waals surface area contributed by atoms with E-state index in [1.54, 1.807) is 20.9 Å². The highest BCUT2D eigenvalue weighted by atomic mass is 35.5. The topological polar surface area (TPSA) is 64.0 Å². The summed E-state index contributed by atoms with van der Waals surface area (Å²) in [6, 6.07) is 0. The van der Waals surface area contributed by atoms with E-state index in [9.17, 15) is 8.42 Å². The van der Waals surface area contributed by atoms with Crippen molar-refractivity contribution in [3.63, 3.8) is 0 Å². The maximum absolute atomic E-state index is 11.9. The van der Waals surface area contributed by atoms with Crippen LogP contribution < -0.4 is 4.72 Å². The van der Waals surface area contributed by atoms with Crippen molar-refractivity contribution in [3.05, 3.63) is 12.4 Å². The second kappa shape index (κ2) is 4.73. The number of alkyl halides is 1. The van der Waals surface area contributed by atoms with E-state index in [1.165, 1.54) is 17.1 Å². The summed E-state index contributed by atoms with van der Waals surface area (Å²) < 4.78 is 27.9. The van der Waals surface area contributed by atoms with Crippen LogP contribution in [-0.2, 0) is 17.1 Å². The number of halogens is 1. The zero-order chi connectivity index (χ0) is 12.4. The molecule has 1 heterocycles. The minimum Gasteiger partial charge on any atom is -0.274 e. The van der Waals surface area contributed by atoms with Gasteiger partial charge in [0.05, 0.1) is 6.20 Å². The van der Waals surface area contributed by atoms with Crippen molar-refractivity contribution in [2.45, 2.75) is 30.7 Å². The third-order valence-electron chi connectivity index (χ3n) is 2.12. The van der Waals surface area contributed by atoms with Crippen LogP contribution in [0.5, 0.6) is 0 Å². The Hall–Kier alpha value is -0.590. The molecule has 1 N–H and O–H groups in total. The van der Waals surface area contributed by atoms with E-state index in [-0.39, 0.29) is 4.90 Å². The van der Waals surface area contributed by atoms with Crippen LogP contribution in [0.2, 0.25) is 0 Å². The molecule has 1 aromatic rings. The summed E-state index contributed by atoms with van der Waals surface area (Å²) in [6.07, 6.45) is 3.34. The van der Waals surface area contributed by atoms with Gasteiger partial charge in [0.1, 0.15) is 4.90 Å². The number of sulfonamides is 1. The third-order valence-corrected chi connectivity index (χ3v) is 3.96. The standard InChI is InChI=1S/C9H16ClN3O2S/c1-9(2,4-5-10)12-16(14,15)8-6-11-13(3)7-8/h6-7,12H,4-5H2,1-3H3. The number of nitrogens with zero attached hydrogens (tertiary/aromatic N) is 2. The van der Waals surface area contributed by atoms with Gasteiger partial charge in [-0.2, -0.15) is 5.10 Å². The van der Waals surface area contributed by atoms with Crippen molar-refractivity contribution < 1.29 is 8.42 Å². The fraction of sp³-hybridized carbons (Fsp3) is 0.667. The molecular formula is C9H16ClN3O2S. The van der Waals surface area contributed by atoms with E-state index in [0.717, 1.165) is 0 Å². The summed E-state index contributed by atoms with van der Waals surface area (Å²) in [5.41, 5.74) is -0.559. The van der Waals surface area contributed by atoms with Gasteiger partial charge >= 0.3 is 0 Å². The first-order valence-corrected chi connectivity index (χ1v) is 6.87. The van der Waals surface area contributed by atoms with Crippen LogP contribution in [0.1, 0.15) is 20.3 Å². The summed E-state index contributed by atoms with van der Waals surface area (Å²) in [4.78, 5) is 0.164. The summed E-state index contributed by atoms with van der Waals surface area (Å²) >= 11 is 5.61. The largest absolute Gasteiger partial charge is 0.274 e. The van der Waals surface area contributed by atoms with Crippen molar-refractivity contribution in [3.8, 4) is 0 Å². The fourth-order valence-electron chi connectivity index (χ4n) is 1.25. The van der Waals surface area contributed by atoms with Crippen LogP contribution in [-0.4, -0.2) is 29.6 Å². The first kappa shape index (κ1) is 13.5. The Morgan fingerprint density at radius 1 is 1.56 bits per heavy atom. The minimum atomic E-state index is -3.51. The Balaban J connectivity index is 2.88. The molecular weight excluding hydrogens is 250 g/mol. The molecule has 0 atom stereocenters. The molecule has 0 saturated heterocycles. The van der Waals surface area contributed by atoms with Gasteiger partial charge in [-0.3, -0.25) is 4.68 Å². The van der Waals surface area contributed by atoms with Gasteiger partial charge in [0.25, 0.3) is 0 Å².